The van der Waals surface area contributed by atoms with Gasteiger partial charge < -0.3 is 66.0 Å². The van der Waals surface area contributed by atoms with Crippen molar-refractivity contribution in [2.45, 2.75) is 114 Å². The van der Waals surface area contributed by atoms with E-state index in [0.717, 1.165) is 53.5 Å². The molecule has 0 aliphatic carbocycles. The van der Waals surface area contributed by atoms with Crippen molar-refractivity contribution in [3.63, 3.8) is 0 Å². The number of H-pyrrole nitrogens is 1. The average Bonchev–Trinajstić information content (AvgIpc) is 1.45. The van der Waals surface area contributed by atoms with E-state index >= 15 is 28.8 Å². The first-order chi connectivity index (χ1) is 41.8. The number of aryl methyl sites for hydroxylation is 1. The van der Waals surface area contributed by atoms with Crippen LogP contribution in [0.25, 0.3) is 10.9 Å². The average molecular weight is 1170 g/mol. The van der Waals surface area contributed by atoms with E-state index in [1.54, 1.807) is 30.5 Å². The minimum atomic E-state index is -1.32. The number of nitrogens with one attached hydrogen (secondary N) is 6. The van der Waals surface area contributed by atoms with Crippen LogP contribution in [0.2, 0.25) is 0 Å². The Bertz CT molecular complexity index is 3350. The number of fused-ring (bicyclic) bond motifs is 4. The third kappa shape index (κ3) is 14.8. The van der Waals surface area contributed by atoms with Gasteiger partial charge in [0.2, 0.25) is 29.5 Å². The number of aromatic nitrogens is 1. The number of carbonyl (C=O) groups excluding carboxylic acids is 7. The lowest BCUT2D eigenvalue weighted by Crippen LogP contribution is -2.61. The molecule has 5 heterocycles. The summed E-state index contributed by atoms with van der Waals surface area (Å²) in [5, 5.41) is 16.1. The van der Waals surface area contributed by atoms with Crippen LogP contribution in [0, 0.1) is 11.8 Å². The molecule has 7 atom stereocenters. The van der Waals surface area contributed by atoms with Crippen molar-refractivity contribution < 1.29 is 52.5 Å². The molecule has 10 rings (SSSR count). The maximum Gasteiger partial charge on any atom is 0.407 e. The second-order valence-corrected chi connectivity index (χ2v) is 22.8. The predicted molar refractivity (Wildman–Crippen MR) is 322 cm³/mol. The summed E-state index contributed by atoms with van der Waals surface area (Å²) >= 11 is 0. The Balaban J connectivity index is 1.08. The van der Waals surface area contributed by atoms with Gasteiger partial charge in [0.25, 0.3) is 0 Å². The fraction of sp³-hybridized carbons (Fsp3) is 0.409. The number of carbonyl (C=O) groups is 7. The molecule has 0 unspecified atom stereocenters. The number of ether oxygens (including phenoxy) is 4. The number of alkyl carbamates (subject to hydrolysis) is 1. The Hall–Kier alpha value is -8.75. The Kier molecular flexibility index (Phi) is 20.0. The van der Waals surface area contributed by atoms with E-state index in [9.17, 15) is 4.79 Å². The van der Waals surface area contributed by atoms with Gasteiger partial charge in [-0.05, 0) is 115 Å². The van der Waals surface area contributed by atoms with Gasteiger partial charge >= 0.3 is 6.09 Å². The second kappa shape index (κ2) is 28.4. The molecule has 0 bridgehead atoms. The number of benzene rings is 5. The molecule has 6 aromatic rings. The summed E-state index contributed by atoms with van der Waals surface area (Å²) in [6.45, 7) is 1.65. The summed E-state index contributed by atoms with van der Waals surface area (Å²) in [6.07, 6.45) is 1.79. The summed E-state index contributed by atoms with van der Waals surface area (Å²) in [5.41, 5.74) is 11.2. The maximum absolute atomic E-state index is 16.1. The minimum absolute atomic E-state index is 0.0278. The van der Waals surface area contributed by atoms with Crippen LogP contribution < -0.4 is 46.5 Å². The number of para-hydroxylation sites is 1. The summed E-state index contributed by atoms with van der Waals surface area (Å²) in [5.74, 6) is -3.01. The molecule has 86 heavy (non-hydrogen) atoms. The molecule has 20 heteroatoms. The Morgan fingerprint density at radius 2 is 1.35 bits per heavy atom. The number of amides is 6. The number of nitrogens with zero attached hydrogens (tertiary/aromatic N) is 2. The Morgan fingerprint density at radius 1 is 0.674 bits per heavy atom. The summed E-state index contributed by atoms with van der Waals surface area (Å²) in [6, 6.07) is 31.3. The molecule has 0 radical (unpaired) electrons. The Labute approximate surface area is 500 Å². The van der Waals surface area contributed by atoms with Crippen molar-refractivity contribution >= 4 is 52.3 Å². The van der Waals surface area contributed by atoms with Gasteiger partial charge in [-0.3, -0.25) is 28.8 Å². The lowest BCUT2D eigenvalue weighted by Gasteiger charge is -2.41. The van der Waals surface area contributed by atoms with Crippen LogP contribution in [0.15, 0.2) is 128 Å². The van der Waals surface area contributed by atoms with Crippen LogP contribution >= 0.6 is 0 Å². The zero-order chi connectivity index (χ0) is 60.1. The molecule has 0 spiro atoms. The van der Waals surface area contributed by atoms with Crippen molar-refractivity contribution in [3.05, 3.63) is 161 Å². The minimum Gasteiger partial charge on any atom is -0.493 e. The van der Waals surface area contributed by atoms with Crippen molar-refractivity contribution in [3.8, 4) is 17.2 Å². The fourth-order valence-corrected chi connectivity index (χ4v) is 12.4. The van der Waals surface area contributed by atoms with E-state index < -0.39 is 83.6 Å². The molecule has 6 amide bonds. The highest BCUT2D eigenvalue weighted by Crippen LogP contribution is 2.37. The number of aromatic amines is 1. The maximum atomic E-state index is 16.1. The second-order valence-electron chi connectivity index (χ2n) is 22.8. The zero-order valence-electron chi connectivity index (χ0n) is 48.7. The summed E-state index contributed by atoms with van der Waals surface area (Å²) < 4.78 is 23.4. The van der Waals surface area contributed by atoms with Crippen LogP contribution in [0.5, 0.6) is 17.2 Å². The van der Waals surface area contributed by atoms with E-state index in [1.165, 1.54) is 24.0 Å². The fourth-order valence-electron chi connectivity index (χ4n) is 12.4. The number of piperidine rings is 1. The van der Waals surface area contributed by atoms with Gasteiger partial charge in [-0.2, -0.15) is 0 Å². The van der Waals surface area contributed by atoms with Crippen LogP contribution in [0.4, 0.5) is 4.79 Å². The third-order valence-electron chi connectivity index (χ3n) is 17.1. The smallest absolute Gasteiger partial charge is 0.407 e. The van der Waals surface area contributed by atoms with Gasteiger partial charge in [-0.25, -0.2) is 4.79 Å². The number of hydrogen-bond acceptors (Lipinski definition) is 13. The summed E-state index contributed by atoms with van der Waals surface area (Å²) in [4.78, 5) is 113. The monoisotopic (exact) mass is 1170 g/mol. The van der Waals surface area contributed by atoms with Crippen LogP contribution in [-0.4, -0.2) is 139 Å². The number of nitrogens with two attached hydrogens (primary N) is 1. The molecule has 0 saturated carbocycles. The molecular weight excluding hydrogens is 1090 g/mol. The first kappa shape index (κ1) is 60.4. The topological polar surface area (TPSA) is 265 Å². The van der Waals surface area contributed by atoms with Gasteiger partial charge in [0.05, 0.1) is 26.8 Å². The lowest BCUT2D eigenvalue weighted by atomic mass is 9.83. The van der Waals surface area contributed by atoms with E-state index in [1.807, 2.05) is 97.1 Å². The van der Waals surface area contributed by atoms with Crippen LogP contribution in [0.1, 0.15) is 71.9 Å². The molecule has 20 nitrogen and oxygen atoms in total. The van der Waals surface area contributed by atoms with E-state index in [2.05, 4.69) is 31.6 Å². The number of hydrogen-bond donors (Lipinski definition) is 7. The largest absolute Gasteiger partial charge is 0.493 e. The van der Waals surface area contributed by atoms with Crippen molar-refractivity contribution in [1.29, 1.82) is 0 Å². The lowest BCUT2D eigenvalue weighted by molar-refractivity contribution is -0.151. The van der Waals surface area contributed by atoms with Crippen molar-refractivity contribution in [2.24, 2.45) is 17.6 Å². The van der Waals surface area contributed by atoms with Crippen molar-refractivity contribution in [2.75, 3.05) is 46.9 Å². The summed E-state index contributed by atoms with van der Waals surface area (Å²) in [7, 11) is 3.00. The quantitative estimate of drug-likeness (QED) is 0.0619. The molecule has 5 aromatic carbocycles. The number of ketones is 1. The number of rotatable bonds is 17. The van der Waals surface area contributed by atoms with Gasteiger partial charge in [0.15, 0.2) is 17.3 Å². The number of methoxy groups -OCH3 is 2. The number of Topliss-reactive ketones (excluding diaryl/α,β-unsaturated/α-hetero) is 1. The molecule has 3 fully saturated rings. The van der Waals surface area contributed by atoms with Gasteiger partial charge in [0, 0.05) is 74.8 Å². The first-order valence-electron chi connectivity index (χ1n) is 29.8. The molecule has 452 valence electrons. The van der Waals surface area contributed by atoms with E-state index in [0.29, 0.717) is 53.4 Å². The first-order valence-corrected chi connectivity index (χ1v) is 29.8. The zero-order valence-corrected chi connectivity index (χ0v) is 48.7. The standard InChI is InChI=1S/C66H77N9O11/c1-83-59-34-45-32-57-65(81)75-39-50(86-66(82)69-28-25-67)36-56(75)63(79)71-53(22-19-41-11-5-3-6-12-41)62(78)72-54(31-47-37-70-52-16-10-9-15-51(47)52)58(76)33-46(29-43-23-26-68-27-24-43)61(77)73-55(64(80)74(57)38-48(45)35-60(59)84-2)30-42-17-20-49(21-18-42)85-40-44-13-7-4-8-14-44/h3-18,20-21,34-35,37,43,46,50,53-57,68,70H,19,22-33,36,38-40,67H2,1-2H3,(H,69,82)(H,71,79)(H,72,78)(H,73,77)/t46-,50-,53+,54-,55+,56+,57+/m1/s1. The van der Waals surface area contributed by atoms with Crippen molar-refractivity contribution in [1.82, 2.24) is 41.4 Å². The molecule has 3 saturated heterocycles. The highest BCUT2D eigenvalue weighted by atomic mass is 16.6. The highest BCUT2D eigenvalue weighted by Gasteiger charge is 2.48. The molecular formula is C66H77N9O11. The van der Waals surface area contributed by atoms with Gasteiger partial charge in [-0.1, -0.05) is 91.0 Å². The highest BCUT2D eigenvalue weighted by molar-refractivity contribution is 5.99. The van der Waals surface area contributed by atoms with Gasteiger partial charge in [0.1, 0.15) is 42.6 Å². The van der Waals surface area contributed by atoms with Crippen LogP contribution in [-0.2, 0) is 72.3 Å². The van der Waals surface area contributed by atoms with E-state index in [-0.39, 0.29) is 70.6 Å². The van der Waals surface area contributed by atoms with Gasteiger partial charge in [-0.15, -0.1) is 0 Å². The molecule has 1 aromatic heterocycles. The molecule has 4 aliphatic heterocycles. The molecule has 4 aliphatic rings. The van der Waals surface area contributed by atoms with Crippen LogP contribution in [0.3, 0.4) is 0 Å². The SMILES string of the molecule is COc1cc2c(cc1OC)CN1C(=O)[C@H](Cc3ccc(OCc4ccccc4)cc3)NC(=O)[C@H](CC3CCNCC3)CC(=O)[C@@H](Cc3c[nH]c4ccccc34)NC(=O)[C@H](CCc3ccccc3)NC(=O)[C@@H]3C[C@@H](OC(=O)NCCN)CN3C(=O)[C@@H]1C2. The predicted octanol–water partition coefficient (Wildman–Crippen LogP) is 5.22. The third-order valence-corrected chi connectivity index (χ3v) is 17.1. The van der Waals surface area contributed by atoms with E-state index in [4.69, 9.17) is 24.7 Å². The Morgan fingerprint density at radius 3 is 2.07 bits per heavy atom. The molecule has 8 N–H and O–H groups in total. The normalized spacial score (nSPS) is 22.5.